The number of methoxy groups -OCH3 is 1. The summed E-state index contributed by atoms with van der Waals surface area (Å²) < 4.78 is 11.8. The fourth-order valence-electron chi connectivity index (χ4n) is 7.32. The van der Waals surface area contributed by atoms with Crippen molar-refractivity contribution < 1.29 is 29.0 Å². The first-order valence-electron chi connectivity index (χ1n) is 19.2. The second-order valence-corrected chi connectivity index (χ2v) is 14.7. The van der Waals surface area contributed by atoms with Crippen molar-refractivity contribution in [2.24, 2.45) is 5.16 Å². The molecule has 0 saturated carbocycles. The molecule has 11 nitrogen and oxygen atoms in total. The van der Waals surface area contributed by atoms with Crippen LogP contribution in [0.5, 0.6) is 5.75 Å². The summed E-state index contributed by atoms with van der Waals surface area (Å²) in [6.07, 6.45) is -2.48. The monoisotopic (exact) mass is 826 g/mol. The van der Waals surface area contributed by atoms with Crippen LogP contribution in [0.4, 0.5) is 5.13 Å². The van der Waals surface area contributed by atoms with Crippen molar-refractivity contribution >= 4 is 45.0 Å². The Hall–Kier alpha value is -7.83. The number of carbonyl (C=O) groups excluding carboxylic acids is 1. The Morgan fingerprint density at radius 1 is 0.721 bits per heavy atom. The number of H-pyrrole nitrogens is 1. The molecule has 0 amide bonds. The minimum Gasteiger partial charge on any atom is -0.495 e. The smallest absolute Gasteiger partial charge is 0.360 e. The molecule has 8 rings (SSSR count). The Labute approximate surface area is 354 Å². The molecule has 0 fully saturated rings. The predicted molar refractivity (Wildman–Crippen MR) is 235 cm³/mol. The summed E-state index contributed by atoms with van der Waals surface area (Å²) in [5, 5.41) is 20.7. The topological polar surface area (TPSA) is 152 Å². The second-order valence-electron chi connectivity index (χ2n) is 13.8. The number of hydrogen-bond donors (Lipinski definition) is 3. The number of aliphatic carboxylic acids is 1. The number of aromatic nitrogens is 2. The summed E-state index contributed by atoms with van der Waals surface area (Å²) in [5.41, 5.74) is 2.82. The third-order valence-corrected chi connectivity index (χ3v) is 10.9. The number of hydrogen-bond acceptors (Lipinski definition) is 10. The van der Waals surface area contributed by atoms with Crippen LogP contribution in [-0.2, 0) is 24.7 Å². The normalized spacial score (nSPS) is 12.1. The molecule has 61 heavy (non-hydrogen) atoms. The van der Waals surface area contributed by atoms with Gasteiger partial charge in [-0.2, -0.15) is 0 Å². The van der Waals surface area contributed by atoms with Crippen LogP contribution < -0.4 is 15.6 Å². The molecule has 0 aliphatic rings. The van der Waals surface area contributed by atoms with Gasteiger partial charge >= 0.3 is 11.9 Å². The molecule has 0 bridgehead atoms. The first-order valence-corrected chi connectivity index (χ1v) is 20.1. The van der Waals surface area contributed by atoms with E-state index in [-0.39, 0.29) is 11.3 Å². The predicted octanol–water partition coefficient (Wildman–Crippen LogP) is 9.28. The van der Waals surface area contributed by atoms with Crippen LogP contribution in [-0.4, -0.2) is 39.8 Å². The maximum absolute atomic E-state index is 14.6. The number of oxime groups is 1. The molecule has 0 aliphatic carbocycles. The number of nitrogens with zero attached hydrogens (tertiary/aromatic N) is 2. The Kier molecular flexibility index (Phi) is 11.8. The average Bonchev–Trinajstić information content (AvgIpc) is 3.77. The highest BCUT2D eigenvalue weighted by molar-refractivity contribution is 7.14. The zero-order chi connectivity index (χ0) is 42.2. The number of aromatic amines is 1. The van der Waals surface area contributed by atoms with Gasteiger partial charge < -0.3 is 29.7 Å². The number of thiazole rings is 1. The second kappa shape index (κ2) is 18.0. The van der Waals surface area contributed by atoms with E-state index in [1.807, 2.05) is 152 Å². The van der Waals surface area contributed by atoms with Gasteiger partial charge in [0.2, 0.25) is 17.4 Å². The third-order valence-electron chi connectivity index (χ3n) is 10.2. The number of benzene rings is 6. The summed E-state index contributed by atoms with van der Waals surface area (Å²) in [4.78, 5) is 53.6. The number of anilines is 1. The molecule has 2 heterocycles. The Morgan fingerprint density at radius 3 is 1.75 bits per heavy atom. The Balaban J connectivity index is 1.20. The van der Waals surface area contributed by atoms with E-state index in [4.69, 9.17) is 19.3 Å². The summed E-state index contributed by atoms with van der Waals surface area (Å²) >= 11 is 1.19. The van der Waals surface area contributed by atoms with Gasteiger partial charge in [0.05, 0.1) is 12.6 Å². The van der Waals surface area contributed by atoms with E-state index in [0.717, 1.165) is 16.7 Å². The lowest BCUT2D eigenvalue weighted by Gasteiger charge is -2.36. The van der Waals surface area contributed by atoms with E-state index >= 15 is 0 Å². The number of carboxylic acids is 1. The minimum absolute atomic E-state index is 0.00873. The quantitative estimate of drug-likeness (QED) is 0.0398. The molecular weight excluding hydrogens is 789 g/mol. The van der Waals surface area contributed by atoms with Crippen LogP contribution in [0, 0.1) is 0 Å². The largest absolute Gasteiger partial charge is 0.495 e. The standard InChI is InChI=1S/C49H38N4O7S/c1-58-40-29-27-38(37-28-30-41(54)51-42(37)40)45(47(57)59-44(32-17-7-2-8-18-32)33-19-9-3-10-20-33)60-53-43(46(55)56)39-31-61-48(50-39)52-49(34-21-11-4-12-22-34,35-23-13-5-14-24-35)36-25-15-6-16-26-36/h2-31,44-45H,1H3,(H,50,52)(H,51,54)(H,55,56). The third kappa shape index (κ3) is 8.38. The number of nitrogens with one attached hydrogen (secondary N) is 2. The van der Waals surface area contributed by atoms with Gasteiger partial charge in [-0.25, -0.2) is 14.6 Å². The summed E-state index contributed by atoms with van der Waals surface area (Å²) in [7, 11) is 1.45. The molecule has 0 aliphatic heterocycles. The summed E-state index contributed by atoms with van der Waals surface area (Å²) in [6, 6.07) is 54.2. The van der Waals surface area contributed by atoms with E-state index in [9.17, 15) is 19.5 Å². The zero-order valence-corrected chi connectivity index (χ0v) is 33.5. The van der Waals surface area contributed by atoms with Crippen LogP contribution in [0.2, 0.25) is 0 Å². The lowest BCUT2D eigenvalue weighted by atomic mass is 9.77. The highest BCUT2D eigenvalue weighted by Gasteiger charge is 2.38. The number of esters is 1. The van der Waals surface area contributed by atoms with E-state index in [2.05, 4.69) is 15.5 Å². The van der Waals surface area contributed by atoms with Crippen molar-refractivity contribution in [2.75, 3.05) is 12.4 Å². The molecule has 3 N–H and O–H groups in total. The molecular formula is C49H38N4O7S. The highest BCUT2D eigenvalue weighted by atomic mass is 32.1. The maximum Gasteiger partial charge on any atom is 0.360 e. The van der Waals surface area contributed by atoms with Gasteiger partial charge in [0, 0.05) is 22.4 Å². The lowest BCUT2D eigenvalue weighted by molar-refractivity contribution is -0.162. The first-order chi connectivity index (χ1) is 29.9. The maximum atomic E-state index is 14.6. The fraction of sp³-hybridized carbons (Fsp3) is 0.0816. The summed E-state index contributed by atoms with van der Waals surface area (Å²) in [6.45, 7) is 0. The number of ether oxygens (including phenoxy) is 2. The van der Waals surface area contributed by atoms with Crippen molar-refractivity contribution in [3.8, 4) is 5.75 Å². The Morgan fingerprint density at radius 2 is 1.25 bits per heavy atom. The highest BCUT2D eigenvalue weighted by Crippen LogP contribution is 2.41. The number of pyridine rings is 1. The SMILES string of the molecule is COc1ccc(C(ON=C(C(=O)O)c2csc(NC(c3ccccc3)(c3ccccc3)c3ccccc3)n2)C(=O)OC(c2ccccc2)c2ccccc2)c2ccc(=O)[nH]c12. The van der Waals surface area contributed by atoms with Gasteiger partial charge in [-0.05, 0) is 39.9 Å². The van der Waals surface area contributed by atoms with E-state index in [1.165, 1.54) is 30.6 Å². The molecule has 8 aromatic rings. The molecule has 1 atom stereocenters. The van der Waals surface area contributed by atoms with Gasteiger partial charge in [0.25, 0.3) is 0 Å². The molecule has 2 aromatic heterocycles. The van der Waals surface area contributed by atoms with Gasteiger partial charge in [0.1, 0.15) is 17.0 Å². The van der Waals surface area contributed by atoms with E-state index < -0.39 is 41.0 Å². The zero-order valence-electron chi connectivity index (χ0n) is 32.7. The van der Waals surface area contributed by atoms with Crippen molar-refractivity contribution in [3.63, 3.8) is 0 Å². The van der Waals surface area contributed by atoms with Gasteiger partial charge in [-0.15, -0.1) is 11.3 Å². The molecule has 302 valence electrons. The van der Waals surface area contributed by atoms with Crippen LogP contribution >= 0.6 is 11.3 Å². The van der Waals surface area contributed by atoms with Crippen molar-refractivity contribution in [2.45, 2.75) is 17.7 Å². The van der Waals surface area contributed by atoms with Gasteiger partial charge in [-0.1, -0.05) is 163 Å². The molecule has 12 heteroatoms. The van der Waals surface area contributed by atoms with Crippen molar-refractivity contribution in [1.82, 2.24) is 9.97 Å². The van der Waals surface area contributed by atoms with Crippen LogP contribution in [0.25, 0.3) is 10.9 Å². The molecule has 0 saturated heterocycles. The van der Waals surface area contributed by atoms with Crippen LogP contribution in [0.1, 0.15) is 51.3 Å². The Bertz CT molecular complexity index is 2720. The molecule has 6 aromatic carbocycles. The number of carbonyl (C=O) groups is 2. The lowest BCUT2D eigenvalue weighted by Crippen LogP contribution is -2.38. The van der Waals surface area contributed by atoms with Crippen LogP contribution in [0.15, 0.2) is 191 Å². The van der Waals surface area contributed by atoms with Crippen LogP contribution in [0.3, 0.4) is 0 Å². The number of carboxylic acid groups (broad SMARTS) is 1. The van der Waals surface area contributed by atoms with Gasteiger partial charge in [-0.3, -0.25) is 4.79 Å². The van der Waals surface area contributed by atoms with Crippen molar-refractivity contribution in [3.05, 3.63) is 231 Å². The fourth-order valence-corrected chi connectivity index (χ4v) is 8.07. The summed E-state index contributed by atoms with van der Waals surface area (Å²) in [5.74, 6) is -1.98. The van der Waals surface area contributed by atoms with Gasteiger partial charge in [0.15, 0.2) is 11.2 Å². The van der Waals surface area contributed by atoms with E-state index in [1.54, 1.807) is 17.5 Å². The average molecular weight is 827 g/mol. The first kappa shape index (κ1) is 40.0. The van der Waals surface area contributed by atoms with Crippen molar-refractivity contribution in [1.29, 1.82) is 0 Å². The minimum atomic E-state index is -1.62. The molecule has 0 spiro atoms. The molecule has 0 radical (unpaired) electrons. The number of fused-ring (bicyclic) bond motifs is 1. The molecule has 1 unspecified atom stereocenters. The van der Waals surface area contributed by atoms with E-state index in [0.29, 0.717) is 32.9 Å². The number of rotatable bonds is 15.